The molecule has 2 rings (SSSR count). The van der Waals surface area contributed by atoms with Crippen molar-refractivity contribution in [3.8, 4) is 0 Å². The fourth-order valence-electron chi connectivity index (χ4n) is 1.88. The first-order valence-electron chi connectivity index (χ1n) is 5.76. The van der Waals surface area contributed by atoms with E-state index in [1.807, 2.05) is 12.1 Å². The van der Waals surface area contributed by atoms with Crippen LogP contribution in [0.25, 0.3) is 0 Å². The van der Waals surface area contributed by atoms with Gasteiger partial charge in [-0.05, 0) is 37.0 Å². The predicted molar refractivity (Wildman–Crippen MR) is 61.7 cm³/mol. The van der Waals surface area contributed by atoms with Crippen molar-refractivity contribution in [2.45, 2.75) is 31.8 Å². The zero-order valence-electron chi connectivity index (χ0n) is 9.28. The van der Waals surface area contributed by atoms with Crippen LogP contribution >= 0.6 is 0 Å². The summed E-state index contributed by atoms with van der Waals surface area (Å²) in [6.45, 7) is 1.53. The van der Waals surface area contributed by atoms with Crippen LogP contribution in [0.5, 0.6) is 0 Å². The Morgan fingerprint density at radius 3 is 3.00 bits per heavy atom. The van der Waals surface area contributed by atoms with Crippen LogP contribution in [0.15, 0.2) is 24.5 Å². The van der Waals surface area contributed by atoms with Gasteiger partial charge in [0, 0.05) is 25.5 Å². The second kappa shape index (κ2) is 5.61. The third kappa shape index (κ3) is 3.03. The van der Waals surface area contributed by atoms with Gasteiger partial charge in [0.05, 0.1) is 6.04 Å². The molecule has 2 heterocycles. The Hall–Kier alpha value is -1.42. The van der Waals surface area contributed by atoms with Crippen molar-refractivity contribution in [3.63, 3.8) is 0 Å². The molecule has 1 aromatic rings. The third-order valence-corrected chi connectivity index (χ3v) is 2.84. The van der Waals surface area contributed by atoms with Gasteiger partial charge in [0.15, 0.2) is 0 Å². The van der Waals surface area contributed by atoms with Gasteiger partial charge in [0.25, 0.3) is 0 Å². The summed E-state index contributed by atoms with van der Waals surface area (Å²) in [6, 6.07) is 3.87. The molecule has 4 nitrogen and oxygen atoms in total. The second-order valence-corrected chi connectivity index (χ2v) is 4.08. The number of amides is 1. The first-order valence-corrected chi connectivity index (χ1v) is 5.76. The van der Waals surface area contributed by atoms with Crippen LogP contribution in [0, 0.1) is 0 Å². The van der Waals surface area contributed by atoms with E-state index in [4.69, 9.17) is 0 Å². The molecule has 1 unspecified atom stereocenters. The van der Waals surface area contributed by atoms with Crippen molar-refractivity contribution in [1.82, 2.24) is 15.6 Å². The molecule has 1 aliphatic rings. The smallest absolute Gasteiger partial charge is 0.237 e. The molecule has 0 radical (unpaired) electrons. The van der Waals surface area contributed by atoms with Gasteiger partial charge in [0.1, 0.15) is 0 Å². The first-order chi connectivity index (χ1) is 7.86. The van der Waals surface area contributed by atoms with E-state index in [0.29, 0.717) is 0 Å². The highest BCUT2D eigenvalue weighted by molar-refractivity contribution is 5.81. The number of carbonyl (C=O) groups is 1. The molecule has 1 amide bonds. The fourth-order valence-corrected chi connectivity index (χ4v) is 1.88. The zero-order valence-corrected chi connectivity index (χ0v) is 9.28. The van der Waals surface area contributed by atoms with E-state index in [-0.39, 0.29) is 11.9 Å². The fraction of sp³-hybridized carbons (Fsp3) is 0.500. The average molecular weight is 219 g/mol. The topological polar surface area (TPSA) is 54.0 Å². The number of carbonyl (C=O) groups excluding carboxylic acids is 1. The van der Waals surface area contributed by atoms with Gasteiger partial charge >= 0.3 is 0 Å². The van der Waals surface area contributed by atoms with E-state index in [9.17, 15) is 4.79 Å². The van der Waals surface area contributed by atoms with Gasteiger partial charge in [0.2, 0.25) is 5.91 Å². The molecule has 1 fully saturated rings. The monoisotopic (exact) mass is 219 g/mol. The summed E-state index contributed by atoms with van der Waals surface area (Å²) in [5.41, 5.74) is 1.16. The molecule has 1 atom stereocenters. The van der Waals surface area contributed by atoms with Crippen molar-refractivity contribution < 1.29 is 4.79 Å². The van der Waals surface area contributed by atoms with Crippen LogP contribution < -0.4 is 10.6 Å². The molecule has 1 aromatic heterocycles. The molecular formula is C12H17N3O. The summed E-state index contributed by atoms with van der Waals surface area (Å²) in [4.78, 5) is 15.6. The molecule has 0 aliphatic carbocycles. The molecule has 86 valence electrons. The summed E-state index contributed by atoms with van der Waals surface area (Å²) in [6.07, 6.45) is 6.65. The average Bonchev–Trinajstić information content (AvgIpc) is 2.53. The molecule has 1 aliphatic heterocycles. The number of nitrogens with zero attached hydrogens (tertiary/aromatic N) is 1. The lowest BCUT2D eigenvalue weighted by atomic mass is 10.1. The lowest BCUT2D eigenvalue weighted by Gasteiger charge is -2.14. The zero-order chi connectivity index (χ0) is 11.2. The Kier molecular flexibility index (Phi) is 3.88. The maximum absolute atomic E-state index is 11.6. The normalized spacial score (nSPS) is 21.2. The van der Waals surface area contributed by atoms with E-state index >= 15 is 0 Å². The van der Waals surface area contributed by atoms with Crippen LogP contribution in [0.4, 0.5) is 0 Å². The van der Waals surface area contributed by atoms with Crippen molar-refractivity contribution >= 4 is 5.91 Å². The van der Waals surface area contributed by atoms with Gasteiger partial charge in [-0.1, -0.05) is 0 Å². The summed E-state index contributed by atoms with van der Waals surface area (Å²) >= 11 is 0. The van der Waals surface area contributed by atoms with Gasteiger partial charge in [-0.2, -0.15) is 0 Å². The Morgan fingerprint density at radius 1 is 1.38 bits per heavy atom. The highest BCUT2D eigenvalue weighted by Crippen LogP contribution is 2.06. The molecule has 0 aromatic carbocycles. The van der Waals surface area contributed by atoms with Gasteiger partial charge in [-0.15, -0.1) is 0 Å². The second-order valence-electron chi connectivity index (χ2n) is 4.08. The molecule has 0 spiro atoms. The number of rotatable bonds is 3. The number of pyridine rings is 1. The molecule has 4 heteroatoms. The van der Waals surface area contributed by atoms with Crippen LogP contribution in [-0.4, -0.2) is 23.5 Å². The molecule has 2 N–H and O–H groups in total. The summed E-state index contributed by atoms with van der Waals surface area (Å²) in [7, 11) is 0. The summed E-state index contributed by atoms with van der Waals surface area (Å²) in [5, 5.41) is 6.20. The Morgan fingerprint density at radius 2 is 2.19 bits per heavy atom. The summed E-state index contributed by atoms with van der Waals surface area (Å²) < 4.78 is 0. The standard InChI is InChI=1S/C12H17N3O/c16-12-11(3-1-2-6-14-12)15-9-10-4-7-13-8-5-10/h4-5,7-8,11,15H,1-3,6,9H2,(H,14,16). The molecule has 16 heavy (non-hydrogen) atoms. The number of nitrogens with one attached hydrogen (secondary N) is 2. The molecule has 0 saturated carbocycles. The van der Waals surface area contributed by atoms with Crippen molar-refractivity contribution in [2.75, 3.05) is 6.54 Å². The largest absolute Gasteiger partial charge is 0.355 e. The molecule has 0 bridgehead atoms. The number of hydrogen-bond acceptors (Lipinski definition) is 3. The van der Waals surface area contributed by atoms with Crippen LogP contribution in [0.1, 0.15) is 24.8 Å². The lowest BCUT2D eigenvalue weighted by Crippen LogP contribution is -2.42. The lowest BCUT2D eigenvalue weighted by molar-refractivity contribution is -0.122. The highest BCUT2D eigenvalue weighted by atomic mass is 16.2. The van der Waals surface area contributed by atoms with Gasteiger partial charge in [-0.25, -0.2) is 0 Å². The minimum absolute atomic E-state index is 0.0457. The van der Waals surface area contributed by atoms with E-state index in [1.54, 1.807) is 12.4 Å². The molecule has 1 saturated heterocycles. The first kappa shape index (κ1) is 11.1. The van der Waals surface area contributed by atoms with E-state index in [0.717, 1.165) is 37.9 Å². The van der Waals surface area contributed by atoms with E-state index in [1.165, 1.54) is 0 Å². The van der Waals surface area contributed by atoms with Gasteiger partial charge < -0.3 is 10.6 Å². The quantitative estimate of drug-likeness (QED) is 0.792. The maximum Gasteiger partial charge on any atom is 0.237 e. The van der Waals surface area contributed by atoms with Crippen molar-refractivity contribution in [1.29, 1.82) is 0 Å². The van der Waals surface area contributed by atoms with Crippen LogP contribution in [0.3, 0.4) is 0 Å². The highest BCUT2D eigenvalue weighted by Gasteiger charge is 2.19. The Balaban J connectivity index is 1.86. The SMILES string of the molecule is O=C1NCCCCC1NCc1ccncc1. The molecular weight excluding hydrogens is 202 g/mol. The Labute approximate surface area is 95.5 Å². The Bertz CT molecular complexity index is 339. The third-order valence-electron chi connectivity index (χ3n) is 2.84. The maximum atomic E-state index is 11.6. The van der Waals surface area contributed by atoms with Crippen molar-refractivity contribution in [3.05, 3.63) is 30.1 Å². The van der Waals surface area contributed by atoms with E-state index in [2.05, 4.69) is 15.6 Å². The predicted octanol–water partition coefficient (Wildman–Crippen LogP) is 0.840. The minimum atomic E-state index is -0.0457. The van der Waals surface area contributed by atoms with E-state index < -0.39 is 0 Å². The van der Waals surface area contributed by atoms with Crippen LogP contribution in [-0.2, 0) is 11.3 Å². The van der Waals surface area contributed by atoms with Crippen molar-refractivity contribution in [2.24, 2.45) is 0 Å². The summed E-state index contributed by atoms with van der Waals surface area (Å²) in [5.74, 6) is 0.131. The van der Waals surface area contributed by atoms with Crippen LogP contribution in [0.2, 0.25) is 0 Å². The number of aromatic nitrogens is 1. The number of hydrogen-bond donors (Lipinski definition) is 2. The van der Waals surface area contributed by atoms with Gasteiger partial charge in [-0.3, -0.25) is 9.78 Å². The minimum Gasteiger partial charge on any atom is -0.355 e.